The molecular formula is C25H19FN2O5. The van der Waals surface area contributed by atoms with E-state index in [4.69, 9.17) is 9.47 Å². The summed E-state index contributed by atoms with van der Waals surface area (Å²) in [5.41, 5.74) is 0.732. The molecule has 1 aliphatic rings. The number of carbonyl (C=O) groups is 3. The lowest BCUT2D eigenvalue weighted by Gasteiger charge is -2.26. The minimum atomic E-state index is -1.03. The number of nitrogens with zero attached hydrogens (tertiary/aromatic N) is 1. The monoisotopic (exact) mass is 446 g/mol. The number of methoxy groups -OCH3 is 1. The number of carbonyl (C=O) groups excluding carboxylic acids is 3. The molecule has 33 heavy (non-hydrogen) atoms. The zero-order valence-electron chi connectivity index (χ0n) is 17.6. The maximum atomic E-state index is 14.3. The predicted octanol–water partition coefficient (Wildman–Crippen LogP) is 4.08. The van der Waals surface area contributed by atoms with Crippen molar-refractivity contribution < 1.29 is 28.2 Å². The van der Waals surface area contributed by atoms with Crippen molar-refractivity contribution in [2.45, 2.75) is 6.61 Å². The summed E-state index contributed by atoms with van der Waals surface area (Å²) >= 11 is 0. The quantitative estimate of drug-likeness (QED) is 0.456. The molecule has 1 N–H and O–H groups in total. The molecule has 8 heteroatoms. The van der Waals surface area contributed by atoms with Crippen LogP contribution in [0.5, 0.6) is 11.5 Å². The molecule has 7 nitrogen and oxygen atoms in total. The van der Waals surface area contributed by atoms with E-state index in [1.165, 1.54) is 31.4 Å². The molecule has 0 spiro atoms. The maximum Gasteiger partial charge on any atom is 0.336 e. The largest absolute Gasteiger partial charge is 0.497 e. The molecule has 1 fully saturated rings. The van der Waals surface area contributed by atoms with Crippen LogP contribution in [0.2, 0.25) is 0 Å². The van der Waals surface area contributed by atoms with Crippen molar-refractivity contribution in [1.29, 1.82) is 0 Å². The summed E-state index contributed by atoms with van der Waals surface area (Å²) in [7, 11) is 1.50. The fourth-order valence-corrected chi connectivity index (χ4v) is 3.29. The number of amides is 4. The van der Waals surface area contributed by atoms with Crippen molar-refractivity contribution in [1.82, 2.24) is 5.32 Å². The van der Waals surface area contributed by atoms with Crippen LogP contribution in [-0.4, -0.2) is 25.0 Å². The van der Waals surface area contributed by atoms with Crippen LogP contribution < -0.4 is 19.7 Å². The van der Waals surface area contributed by atoms with Crippen LogP contribution in [0.25, 0.3) is 6.08 Å². The van der Waals surface area contributed by atoms with Gasteiger partial charge in [-0.15, -0.1) is 0 Å². The Morgan fingerprint density at radius 1 is 0.970 bits per heavy atom. The molecule has 0 saturated carbocycles. The van der Waals surface area contributed by atoms with E-state index in [0.717, 1.165) is 11.6 Å². The molecule has 4 rings (SSSR count). The van der Waals surface area contributed by atoms with Gasteiger partial charge >= 0.3 is 6.03 Å². The Morgan fingerprint density at radius 2 is 1.70 bits per heavy atom. The van der Waals surface area contributed by atoms with E-state index in [0.29, 0.717) is 22.0 Å². The van der Waals surface area contributed by atoms with E-state index in [1.54, 1.807) is 18.2 Å². The summed E-state index contributed by atoms with van der Waals surface area (Å²) in [6.45, 7) is 0.240. The topological polar surface area (TPSA) is 84.9 Å². The standard InChI is InChI=1S/C25H19FN2O5/c1-32-18-12-11-17(22(14-18)33-15-16-7-3-2-4-8-16)13-19-23(29)27-25(31)28(24(19)30)21-10-6-5-9-20(21)26/h2-14H,15H2,1H3,(H,27,29,31)/b19-13-. The number of hydrogen-bond acceptors (Lipinski definition) is 5. The first-order valence-electron chi connectivity index (χ1n) is 9.98. The van der Waals surface area contributed by atoms with E-state index in [1.807, 2.05) is 30.3 Å². The van der Waals surface area contributed by atoms with E-state index < -0.39 is 23.7 Å². The van der Waals surface area contributed by atoms with Gasteiger partial charge in [-0.2, -0.15) is 0 Å². The number of para-hydroxylation sites is 1. The molecule has 3 aromatic rings. The SMILES string of the molecule is COc1ccc(/C=C2/C(=O)NC(=O)N(c3ccccc3F)C2=O)c(OCc2ccccc2)c1. The lowest BCUT2D eigenvalue weighted by Crippen LogP contribution is -2.54. The van der Waals surface area contributed by atoms with E-state index in [9.17, 15) is 18.8 Å². The van der Waals surface area contributed by atoms with Gasteiger partial charge in [0, 0.05) is 11.6 Å². The van der Waals surface area contributed by atoms with Crippen LogP contribution in [-0.2, 0) is 16.2 Å². The van der Waals surface area contributed by atoms with Crippen LogP contribution in [0, 0.1) is 5.82 Å². The number of urea groups is 1. The number of barbiturate groups is 1. The Bertz CT molecular complexity index is 1260. The molecule has 3 aromatic carbocycles. The molecule has 4 amide bonds. The second kappa shape index (κ2) is 9.35. The molecule has 1 aliphatic heterocycles. The molecule has 0 radical (unpaired) electrons. The first-order valence-corrected chi connectivity index (χ1v) is 9.98. The van der Waals surface area contributed by atoms with Crippen molar-refractivity contribution in [3.05, 3.63) is 95.3 Å². The molecule has 1 heterocycles. The second-order valence-corrected chi connectivity index (χ2v) is 7.09. The Balaban J connectivity index is 1.70. The normalized spacial score (nSPS) is 14.9. The zero-order valence-corrected chi connectivity index (χ0v) is 17.6. The van der Waals surface area contributed by atoms with E-state index in [-0.39, 0.29) is 17.9 Å². The summed E-state index contributed by atoms with van der Waals surface area (Å²) in [6.07, 6.45) is 1.30. The average molecular weight is 446 g/mol. The van der Waals surface area contributed by atoms with Gasteiger partial charge in [0.05, 0.1) is 12.8 Å². The van der Waals surface area contributed by atoms with Gasteiger partial charge in [0.15, 0.2) is 0 Å². The van der Waals surface area contributed by atoms with Crippen molar-refractivity contribution in [2.24, 2.45) is 0 Å². The number of rotatable bonds is 6. The minimum Gasteiger partial charge on any atom is -0.497 e. The highest BCUT2D eigenvalue weighted by Gasteiger charge is 2.38. The summed E-state index contributed by atoms with van der Waals surface area (Å²) in [5, 5.41) is 2.08. The molecule has 0 aliphatic carbocycles. The Morgan fingerprint density at radius 3 is 2.42 bits per heavy atom. The average Bonchev–Trinajstić information content (AvgIpc) is 2.82. The third kappa shape index (κ3) is 4.59. The zero-order chi connectivity index (χ0) is 23.4. The molecule has 1 saturated heterocycles. The van der Waals surface area contributed by atoms with Gasteiger partial charge in [0.25, 0.3) is 11.8 Å². The fraction of sp³-hybridized carbons (Fsp3) is 0.0800. The van der Waals surface area contributed by atoms with Gasteiger partial charge in [-0.1, -0.05) is 42.5 Å². The fourth-order valence-electron chi connectivity index (χ4n) is 3.29. The number of benzene rings is 3. The first-order chi connectivity index (χ1) is 16.0. The summed E-state index contributed by atoms with van der Waals surface area (Å²) < 4.78 is 25.4. The number of nitrogens with one attached hydrogen (secondary N) is 1. The van der Waals surface area contributed by atoms with Crippen LogP contribution in [0.4, 0.5) is 14.9 Å². The third-order valence-corrected chi connectivity index (χ3v) is 4.95. The Kier molecular flexibility index (Phi) is 6.17. The van der Waals surface area contributed by atoms with Gasteiger partial charge in [0.1, 0.15) is 29.5 Å². The number of ether oxygens (including phenoxy) is 2. The summed E-state index contributed by atoms with van der Waals surface area (Å²) in [6, 6.07) is 18.6. The van der Waals surface area contributed by atoms with Crippen LogP contribution in [0.1, 0.15) is 11.1 Å². The number of imide groups is 2. The maximum absolute atomic E-state index is 14.3. The van der Waals surface area contributed by atoms with Crippen LogP contribution in [0.3, 0.4) is 0 Å². The summed E-state index contributed by atoms with van der Waals surface area (Å²) in [4.78, 5) is 38.5. The van der Waals surface area contributed by atoms with E-state index >= 15 is 0 Å². The van der Waals surface area contributed by atoms with Crippen LogP contribution >= 0.6 is 0 Å². The second-order valence-electron chi connectivity index (χ2n) is 7.09. The minimum absolute atomic E-state index is 0.240. The highest BCUT2D eigenvalue weighted by molar-refractivity contribution is 6.39. The molecule has 0 atom stereocenters. The third-order valence-electron chi connectivity index (χ3n) is 4.95. The number of halogens is 1. The van der Waals surface area contributed by atoms with Gasteiger partial charge in [-0.3, -0.25) is 14.9 Å². The van der Waals surface area contributed by atoms with Crippen molar-refractivity contribution in [3.63, 3.8) is 0 Å². The van der Waals surface area contributed by atoms with Crippen molar-refractivity contribution in [2.75, 3.05) is 12.0 Å². The lowest BCUT2D eigenvalue weighted by molar-refractivity contribution is -0.122. The van der Waals surface area contributed by atoms with Gasteiger partial charge < -0.3 is 9.47 Å². The predicted molar refractivity (Wildman–Crippen MR) is 119 cm³/mol. The molecular weight excluding hydrogens is 427 g/mol. The number of anilines is 1. The molecule has 0 bridgehead atoms. The van der Waals surface area contributed by atoms with Gasteiger partial charge in [-0.25, -0.2) is 14.1 Å². The molecule has 166 valence electrons. The first kappa shape index (κ1) is 21.8. The highest BCUT2D eigenvalue weighted by Crippen LogP contribution is 2.30. The van der Waals surface area contributed by atoms with Gasteiger partial charge in [0.2, 0.25) is 0 Å². The molecule has 0 unspecified atom stereocenters. The van der Waals surface area contributed by atoms with E-state index in [2.05, 4.69) is 5.32 Å². The smallest absolute Gasteiger partial charge is 0.336 e. The van der Waals surface area contributed by atoms with Crippen LogP contribution in [0.15, 0.2) is 78.4 Å². The summed E-state index contributed by atoms with van der Waals surface area (Å²) in [5.74, 6) is -1.73. The van der Waals surface area contributed by atoms with Crippen molar-refractivity contribution >= 4 is 29.6 Å². The molecule has 0 aromatic heterocycles. The van der Waals surface area contributed by atoms with Gasteiger partial charge in [-0.05, 0) is 35.9 Å². The highest BCUT2D eigenvalue weighted by atomic mass is 19.1. The number of hydrogen-bond donors (Lipinski definition) is 1. The Labute approximate surface area is 189 Å². The Hall–Kier alpha value is -4.46. The lowest BCUT2D eigenvalue weighted by atomic mass is 10.1. The van der Waals surface area contributed by atoms with Crippen molar-refractivity contribution in [3.8, 4) is 11.5 Å².